The smallest absolute Gasteiger partial charge is 0.481 e. The van der Waals surface area contributed by atoms with Crippen molar-refractivity contribution in [3.63, 3.8) is 0 Å². The molecule has 1 aliphatic rings. The molecule has 0 aliphatic carbocycles. The normalized spacial score (nSPS) is 18.9. The first-order valence-electron chi connectivity index (χ1n) is 7.20. The van der Waals surface area contributed by atoms with Crippen LogP contribution in [0.15, 0.2) is 24.3 Å². The summed E-state index contributed by atoms with van der Waals surface area (Å²) < 4.78 is 45.3. The Morgan fingerprint density at radius 3 is 2.50 bits per heavy atom. The maximum Gasteiger partial charge on any atom is 0.573 e. The molecular weight excluding hydrogens is 331 g/mol. The maximum atomic E-state index is 12.1. The van der Waals surface area contributed by atoms with Gasteiger partial charge in [0.25, 0.3) is 0 Å². The number of aliphatic carboxylic acids is 1. The van der Waals surface area contributed by atoms with Gasteiger partial charge >= 0.3 is 12.3 Å². The SMILES string of the molecule is O=C(O)C[C@H](NC(=O)[C@@H]1CCOC1)c1ccc(OC(F)(F)F)cc1. The molecule has 2 N–H and O–H groups in total. The van der Waals surface area contributed by atoms with Gasteiger partial charge in [0.2, 0.25) is 5.91 Å². The number of halogens is 3. The van der Waals surface area contributed by atoms with Gasteiger partial charge in [-0.25, -0.2) is 0 Å². The first-order valence-corrected chi connectivity index (χ1v) is 7.20. The lowest BCUT2D eigenvalue weighted by atomic mass is 10.0. The summed E-state index contributed by atoms with van der Waals surface area (Å²) in [6.07, 6.45) is -4.65. The van der Waals surface area contributed by atoms with E-state index in [0.29, 0.717) is 18.6 Å². The number of carbonyl (C=O) groups excluding carboxylic acids is 1. The van der Waals surface area contributed by atoms with E-state index in [9.17, 15) is 22.8 Å². The Balaban J connectivity index is 2.08. The third kappa shape index (κ3) is 5.41. The van der Waals surface area contributed by atoms with Gasteiger partial charge in [-0.3, -0.25) is 9.59 Å². The Morgan fingerprint density at radius 1 is 1.33 bits per heavy atom. The van der Waals surface area contributed by atoms with E-state index in [1.165, 1.54) is 12.1 Å². The van der Waals surface area contributed by atoms with Crippen molar-refractivity contribution in [1.29, 1.82) is 0 Å². The van der Waals surface area contributed by atoms with Crippen LogP contribution in [-0.4, -0.2) is 36.6 Å². The van der Waals surface area contributed by atoms with Crippen molar-refractivity contribution >= 4 is 11.9 Å². The summed E-state index contributed by atoms with van der Waals surface area (Å²) in [6.45, 7) is 0.731. The minimum atomic E-state index is -4.81. The van der Waals surface area contributed by atoms with E-state index in [-0.39, 0.29) is 18.4 Å². The fourth-order valence-corrected chi connectivity index (χ4v) is 2.36. The van der Waals surface area contributed by atoms with Crippen molar-refractivity contribution in [2.75, 3.05) is 13.2 Å². The van der Waals surface area contributed by atoms with Gasteiger partial charge < -0.3 is 19.9 Å². The van der Waals surface area contributed by atoms with E-state index in [0.717, 1.165) is 12.1 Å². The lowest BCUT2D eigenvalue weighted by Gasteiger charge is -2.20. The third-order valence-electron chi connectivity index (χ3n) is 3.51. The van der Waals surface area contributed by atoms with E-state index >= 15 is 0 Å². The zero-order valence-corrected chi connectivity index (χ0v) is 12.5. The van der Waals surface area contributed by atoms with E-state index in [1.807, 2.05) is 0 Å². The summed E-state index contributed by atoms with van der Waals surface area (Å²) in [5, 5.41) is 11.6. The molecule has 2 atom stereocenters. The predicted octanol–water partition coefficient (Wildman–Crippen LogP) is 2.25. The molecule has 0 bridgehead atoms. The van der Waals surface area contributed by atoms with Gasteiger partial charge in [-0.2, -0.15) is 0 Å². The molecule has 1 amide bonds. The van der Waals surface area contributed by atoms with Crippen molar-refractivity contribution < 1.29 is 37.3 Å². The second kappa shape index (κ2) is 7.52. The summed E-state index contributed by atoms with van der Waals surface area (Å²) in [5.41, 5.74) is 0.374. The molecule has 1 aromatic carbocycles. The topological polar surface area (TPSA) is 84.9 Å². The number of ether oxygens (including phenoxy) is 2. The molecule has 1 aromatic rings. The Hall–Kier alpha value is -2.29. The Bertz CT molecular complexity index is 582. The molecule has 24 heavy (non-hydrogen) atoms. The van der Waals surface area contributed by atoms with Gasteiger partial charge in [-0.15, -0.1) is 13.2 Å². The van der Waals surface area contributed by atoms with Crippen LogP contribution in [-0.2, 0) is 14.3 Å². The van der Waals surface area contributed by atoms with Gasteiger partial charge in [0, 0.05) is 6.61 Å². The minimum absolute atomic E-state index is 0.268. The Labute approximate surface area is 135 Å². The van der Waals surface area contributed by atoms with E-state index in [2.05, 4.69) is 10.1 Å². The van der Waals surface area contributed by atoms with Crippen molar-refractivity contribution in [1.82, 2.24) is 5.32 Å². The van der Waals surface area contributed by atoms with E-state index < -0.39 is 30.5 Å². The lowest BCUT2D eigenvalue weighted by molar-refractivity contribution is -0.274. The summed E-state index contributed by atoms with van der Waals surface area (Å²) in [7, 11) is 0. The van der Waals surface area contributed by atoms with E-state index in [4.69, 9.17) is 9.84 Å². The average molecular weight is 347 g/mol. The van der Waals surface area contributed by atoms with Gasteiger partial charge in [-0.05, 0) is 24.1 Å². The van der Waals surface area contributed by atoms with Crippen LogP contribution in [0.4, 0.5) is 13.2 Å². The minimum Gasteiger partial charge on any atom is -0.481 e. The highest BCUT2D eigenvalue weighted by Gasteiger charge is 2.31. The number of carbonyl (C=O) groups is 2. The zero-order chi connectivity index (χ0) is 17.7. The number of benzene rings is 1. The van der Waals surface area contributed by atoms with Crippen molar-refractivity contribution in [2.45, 2.75) is 25.2 Å². The fourth-order valence-electron chi connectivity index (χ4n) is 2.36. The van der Waals surface area contributed by atoms with E-state index in [1.54, 1.807) is 0 Å². The number of hydrogen-bond donors (Lipinski definition) is 2. The molecule has 132 valence electrons. The maximum absolute atomic E-state index is 12.1. The van der Waals surface area contributed by atoms with Crippen molar-refractivity contribution in [2.24, 2.45) is 5.92 Å². The highest BCUT2D eigenvalue weighted by Crippen LogP contribution is 2.26. The second-order valence-electron chi connectivity index (χ2n) is 5.34. The highest BCUT2D eigenvalue weighted by atomic mass is 19.4. The number of nitrogens with one attached hydrogen (secondary N) is 1. The van der Waals surface area contributed by atoms with Crippen LogP contribution >= 0.6 is 0 Å². The van der Waals surface area contributed by atoms with Gasteiger partial charge in [-0.1, -0.05) is 12.1 Å². The number of rotatable bonds is 6. The number of alkyl halides is 3. The first kappa shape index (κ1) is 18.1. The largest absolute Gasteiger partial charge is 0.573 e. The van der Waals surface area contributed by atoms with Gasteiger partial charge in [0.05, 0.1) is 25.0 Å². The molecule has 0 radical (unpaired) electrons. The zero-order valence-electron chi connectivity index (χ0n) is 12.5. The van der Waals surface area contributed by atoms with Crippen LogP contribution < -0.4 is 10.1 Å². The van der Waals surface area contributed by atoms with Crippen LogP contribution in [0, 0.1) is 5.92 Å². The molecule has 6 nitrogen and oxygen atoms in total. The van der Waals surface area contributed by atoms with Crippen molar-refractivity contribution in [3.05, 3.63) is 29.8 Å². The molecule has 0 saturated carbocycles. The Morgan fingerprint density at radius 2 is 2.00 bits per heavy atom. The monoisotopic (exact) mass is 347 g/mol. The van der Waals surface area contributed by atoms with Gasteiger partial charge in [0.1, 0.15) is 5.75 Å². The summed E-state index contributed by atoms with van der Waals surface area (Å²) in [5.74, 6) is -2.25. The molecule has 0 unspecified atom stereocenters. The highest BCUT2D eigenvalue weighted by molar-refractivity contribution is 5.80. The number of carboxylic acid groups (broad SMARTS) is 1. The molecule has 2 rings (SSSR count). The first-order chi connectivity index (χ1) is 11.2. The quantitative estimate of drug-likeness (QED) is 0.824. The average Bonchev–Trinajstić information content (AvgIpc) is 2.99. The molecule has 0 aromatic heterocycles. The third-order valence-corrected chi connectivity index (χ3v) is 3.51. The Kier molecular flexibility index (Phi) is 5.66. The summed E-state index contributed by atoms with van der Waals surface area (Å²) in [4.78, 5) is 23.1. The molecular formula is C15H16F3NO5. The van der Waals surface area contributed by atoms with Gasteiger partial charge in [0.15, 0.2) is 0 Å². The number of carboxylic acids is 1. The lowest BCUT2D eigenvalue weighted by Crippen LogP contribution is -2.35. The molecule has 1 heterocycles. The number of hydrogen-bond acceptors (Lipinski definition) is 4. The van der Waals surface area contributed by atoms with Crippen LogP contribution in [0.2, 0.25) is 0 Å². The molecule has 9 heteroatoms. The summed E-state index contributed by atoms with van der Waals surface area (Å²) in [6, 6.07) is 3.88. The fraction of sp³-hybridized carbons (Fsp3) is 0.467. The molecule has 1 saturated heterocycles. The molecule has 1 fully saturated rings. The van der Waals surface area contributed by atoms with Crippen molar-refractivity contribution in [3.8, 4) is 5.75 Å². The molecule has 0 spiro atoms. The van der Waals surface area contributed by atoms with Crippen LogP contribution in [0.3, 0.4) is 0 Å². The standard InChI is InChI=1S/C15H16F3NO5/c16-15(17,18)24-11-3-1-9(2-4-11)12(7-13(20)21)19-14(22)10-5-6-23-8-10/h1-4,10,12H,5-8H2,(H,19,22)(H,20,21)/t10-,12+/m1/s1. The summed E-state index contributed by atoms with van der Waals surface area (Å²) >= 11 is 0. The van der Waals surface area contributed by atoms with Crippen LogP contribution in [0.5, 0.6) is 5.75 Å². The number of amides is 1. The molecule has 1 aliphatic heterocycles. The second-order valence-corrected chi connectivity index (χ2v) is 5.34. The van der Waals surface area contributed by atoms with Crippen LogP contribution in [0.1, 0.15) is 24.4 Å². The van der Waals surface area contributed by atoms with Crippen LogP contribution in [0.25, 0.3) is 0 Å². The predicted molar refractivity (Wildman–Crippen MR) is 75.2 cm³/mol.